The monoisotopic (exact) mass is 308 g/mol. The fourth-order valence-corrected chi connectivity index (χ4v) is 2.29. The van der Waals surface area contributed by atoms with Crippen molar-refractivity contribution < 1.29 is 9.47 Å². The zero-order valence-corrected chi connectivity index (χ0v) is 13.7. The van der Waals surface area contributed by atoms with E-state index in [4.69, 9.17) is 9.47 Å². The van der Waals surface area contributed by atoms with Crippen molar-refractivity contribution in [2.24, 2.45) is 0 Å². The summed E-state index contributed by atoms with van der Waals surface area (Å²) in [5.74, 6) is 1.77. The van der Waals surface area contributed by atoms with Crippen molar-refractivity contribution >= 4 is 0 Å². The van der Waals surface area contributed by atoms with Crippen LogP contribution in [0.3, 0.4) is 0 Å². The molecule has 0 heterocycles. The Labute approximate surface area is 139 Å². The Morgan fingerprint density at radius 2 is 1.43 bits per heavy atom. The van der Waals surface area contributed by atoms with Gasteiger partial charge in [-0.1, -0.05) is 43.0 Å². The first-order valence-corrected chi connectivity index (χ1v) is 8.01. The van der Waals surface area contributed by atoms with E-state index < -0.39 is 0 Å². The number of aryl methyl sites for hydroxylation is 2. The normalized spacial score (nSPS) is 10.7. The standard InChI is InChI=1S/C21H24O2/c1-3-16-22-20-12-8-18(9-13-20)6-5-7-19-10-14-21(15-11-19)23-17-4-2/h3-4,8-15,17H,1,5-7,16H2,2H3/b17-4+. The Balaban J connectivity index is 1.76. The Kier molecular flexibility index (Phi) is 6.99. The van der Waals surface area contributed by atoms with E-state index >= 15 is 0 Å². The van der Waals surface area contributed by atoms with Crippen LogP contribution < -0.4 is 9.47 Å². The maximum Gasteiger partial charge on any atom is 0.126 e. The number of ether oxygens (including phenoxy) is 2. The fraction of sp³-hybridized carbons (Fsp3) is 0.238. The van der Waals surface area contributed by atoms with Crippen LogP contribution in [0.4, 0.5) is 0 Å². The SMILES string of the molecule is C=CCOc1ccc(CCCc2ccc(O/C=C/C)cc2)cc1. The van der Waals surface area contributed by atoms with Crippen LogP contribution in [0.15, 0.2) is 73.5 Å². The van der Waals surface area contributed by atoms with Gasteiger partial charge in [0, 0.05) is 0 Å². The molecule has 2 nitrogen and oxygen atoms in total. The second-order valence-electron chi connectivity index (χ2n) is 5.33. The summed E-state index contributed by atoms with van der Waals surface area (Å²) in [6, 6.07) is 16.6. The zero-order valence-electron chi connectivity index (χ0n) is 13.7. The molecule has 2 aromatic carbocycles. The van der Waals surface area contributed by atoms with Gasteiger partial charge >= 0.3 is 0 Å². The summed E-state index contributed by atoms with van der Waals surface area (Å²) in [6.45, 7) is 6.13. The Bertz CT molecular complexity index is 609. The van der Waals surface area contributed by atoms with Gasteiger partial charge in [0.15, 0.2) is 0 Å². The topological polar surface area (TPSA) is 18.5 Å². The first-order valence-electron chi connectivity index (χ1n) is 8.01. The van der Waals surface area contributed by atoms with Gasteiger partial charge in [-0.15, -0.1) is 0 Å². The van der Waals surface area contributed by atoms with Crippen molar-refractivity contribution in [3.05, 3.63) is 84.7 Å². The van der Waals surface area contributed by atoms with Crippen molar-refractivity contribution in [3.63, 3.8) is 0 Å². The number of hydrogen-bond acceptors (Lipinski definition) is 2. The quantitative estimate of drug-likeness (QED) is 0.460. The van der Waals surface area contributed by atoms with Crippen molar-refractivity contribution in [2.75, 3.05) is 6.61 Å². The molecule has 0 aromatic heterocycles. The summed E-state index contributed by atoms with van der Waals surface area (Å²) >= 11 is 0. The molecule has 0 unspecified atom stereocenters. The third-order valence-corrected chi connectivity index (χ3v) is 3.49. The molecule has 2 aromatic rings. The summed E-state index contributed by atoms with van der Waals surface area (Å²) in [5, 5.41) is 0. The highest BCUT2D eigenvalue weighted by molar-refractivity contribution is 5.29. The van der Waals surface area contributed by atoms with E-state index in [1.165, 1.54) is 11.1 Å². The lowest BCUT2D eigenvalue weighted by Crippen LogP contribution is -1.94. The first kappa shape index (κ1) is 16.9. The molecule has 23 heavy (non-hydrogen) atoms. The van der Waals surface area contributed by atoms with Crippen LogP contribution in [0.25, 0.3) is 0 Å². The van der Waals surface area contributed by atoms with Crippen LogP contribution in [0.1, 0.15) is 24.5 Å². The number of hydrogen-bond donors (Lipinski definition) is 0. The predicted octanol–water partition coefficient (Wildman–Crippen LogP) is 5.34. The summed E-state index contributed by atoms with van der Waals surface area (Å²) in [6.07, 6.45) is 8.58. The number of allylic oxidation sites excluding steroid dienone is 1. The molecule has 0 spiro atoms. The first-order chi connectivity index (χ1) is 11.3. The molecule has 0 N–H and O–H groups in total. The second kappa shape index (κ2) is 9.52. The largest absolute Gasteiger partial charge is 0.490 e. The number of benzene rings is 2. The summed E-state index contributed by atoms with van der Waals surface area (Å²) < 4.78 is 10.9. The van der Waals surface area contributed by atoms with Crippen molar-refractivity contribution in [2.45, 2.75) is 26.2 Å². The molecule has 0 amide bonds. The highest BCUT2D eigenvalue weighted by Crippen LogP contribution is 2.16. The van der Waals surface area contributed by atoms with E-state index in [1.54, 1.807) is 12.3 Å². The molecule has 0 aliphatic heterocycles. The van der Waals surface area contributed by atoms with Crippen molar-refractivity contribution in [3.8, 4) is 11.5 Å². The van der Waals surface area contributed by atoms with Gasteiger partial charge in [-0.05, 0) is 61.6 Å². The number of rotatable bonds is 9. The Morgan fingerprint density at radius 3 is 1.96 bits per heavy atom. The Morgan fingerprint density at radius 1 is 0.870 bits per heavy atom. The molecule has 0 radical (unpaired) electrons. The van der Waals surface area contributed by atoms with E-state index in [1.807, 2.05) is 37.3 Å². The Hall–Kier alpha value is -2.48. The van der Waals surface area contributed by atoms with Crippen molar-refractivity contribution in [1.29, 1.82) is 0 Å². The van der Waals surface area contributed by atoms with Gasteiger partial charge in [0.05, 0.1) is 6.26 Å². The van der Waals surface area contributed by atoms with Crippen LogP contribution in [0.5, 0.6) is 11.5 Å². The van der Waals surface area contributed by atoms with Crippen LogP contribution in [-0.2, 0) is 12.8 Å². The average Bonchev–Trinajstić information content (AvgIpc) is 2.60. The molecular weight excluding hydrogens is 284 g/mol. The molecule has 0 saturated carbocycles. The van der Waals surface area contributed by atoms with Gasteiger partial charge < -0.3 is 9.47 Å². The third kappa shape index (κ3) is 6.03. The van der Waals surface area contributed by atoms with Gasteiger partial charge in [0.1, 0.15) is 18.1 Å². The van der Waals surface area contributed by atoms with Crippen LogP contribution in [0.2, 0.25) is 0 Å². The van der Waals surface area contributed by atoms with Gasteiger partial charge in [0.2, 0.25) is 0 Å². The summed E-state index contributed by atoms with van der Waals surface area (Å²) in [5.41, 5.74) is 2.67. The molecule has 0 aliphatic carbocycles. The molecular formula is C21H24O2. The molecule has 0 fully saturated rings. The average molecular weight is 308 g/mol. The van der Waals surface area contributed by atoms with Gasteiger partial charge in [0.25, 0.3) is 0 Å². The minimum absolute atomic E-state index is 0.549. The maximum absolute atomic E-state index is 5.49. The molecule has 2 heteroatoms. The van der Waals surface area contributed by atoms with Gasteiger partial charge in [-0.2, -0.15) is 0 Å². The molecule has 2 rings (SSSR count). The lowest BCUT2D eigenvalue weighted by atomic mass is 10.0. The lowest BCUT2D eigenvalue weighted by molar-refractivity contribution is 0.363. The highest BCUT2D eigenvalue weighted by atomic mass is 16.5. The third-order valence-electron chi connectivity index (χ3n) is 3.49. The molecule has 0 bridgehead atoms. The second-order valence-corrected chi connectivity index (χ2v) is 5.33. The van der Waals surface area contributed by atoms with E-state index in [9.17, 15) is 0 Å². The summed E-state index contributed by atoms with van der Waals surface area (Å²) in [7, 11) is 0. The van der Waals surface area contributed by atoms with Crippen LogP contribution >= 0.6 is 0 Å². The minimum atomic E-state index is 0.549. The highest BCUT2D eigenvalue weighted by Gasteiger charge is 1.98. The smallest absolute Gasteiger partial charge is 0.126 e. The maximum atomic E-state index is 5.49. The molecule has 120 valence electrons. The molecule has 0 saturated heterocycles. The van der Waals surface area contributed by atoms with Gasteiger partial charge in [-0.25, -0.2) is 0 Å². The fourth-order valence-electron chi connectivity index (χ4n) is 2.29. The van der Waals surface area contributed by atoms with Gasteiger partial charge in [-0.3, -0.25) is 0 Å². The zero-order chi connectivity index (χ0) is 16.3. The lowest BCUT2D eigenvalue weighted by Gasteiger charge is -2.06. The minimum Gasteiger partial charge on any atom is -0.490 e. The summed E-state index contributed by atoms with van der Waals surface area (Å²) in [4.78, 5) is 0. The van der Waals surface area contributed by atoms with Crippen molar-refractivity contribution in [1.82, 2.24) is 0 Å². The van der Waals surface area contributed by atoms with E-state index in [0.29, 0.717) is 6.61 Å². The molecule has 0 aliphatic rings. The van der Waals surface area contributed by atoms with E-state index in [0.717, 1.165) is 30.8 Å². The predicted molar refractivity (Wildman–Crippen MR) is 96.0 cm³/mol. The van der Waals surface area contributed by atoms with Crippen LogP contribution in [-0.4, -0.2) is 6.61 Å². The van der Waals surface area contributed by atoms with E-state index in [-0.39, 0.29) is 0 Å². The van der Waals surface area contributed by atoms with E-state index in [2.05, 4.69) is 30.8 Å². The molecule has 0 atom stereocenters. The van der Waals surface area contributed by atoms with Crippen LogP contribution in [0, 0.1) is 0 Å².